The van der Waals surface area contributed by atoms with Crippen LogP contribution in [0, 0.1) is 0 Å². The molecule has 2 heterocycles. The lowest BCUT2D eigenvalue weighted by atomic mass is 10.0. The number of carbonyl (C=O) groups excluding carboxylic acids is 1. The maximum Gasteiger partial charge on any atom is 0.264 e. The Morgan fingerprint density at radius 2 is 2.24 bits per heavy atom. The topological polar surface area (TPSA) is 50.7 Å². The third-order valence-electron chi connectivity index (χ3n) is 3.16. The molecule has 1 atom stereocenters. The van der Waals surface area contributed by atoms with Crippen LogP contribution in [0.25, 0.3) is 0 Å². The molecule has 0 bridgehead atoms. The Morgan fingerprint density at radius 1 is 1.38 bits per heavy atom. The minimum Gasteiger partial charge on any atom is -0.382 e. The second-order valence-electron chi connectivity index (χ2n) is 4.61. The van der Waals surface area contributed by atoms with Crippen LogP contribution in [0.3, 0.4) is 0 Å². The molecule has 2 aromatic rings. The van der Waals surface area contributed by atoms with Gasteiger partial charge >= 0.3 is 0 Å². The van der Waals surface area contributed by atoms with Crippen molar-refractivity contribution in [2.45, 2.75) is 19.1 Å². The van der Waals surface area contributed by atoms with Crippen molar-refractivity contribution in [3.05, 3.63) is 57.2 Å². The van der Waals surface area contributed by atoms with Crippen molar-refractivity contribution in [3.8, 4) is 0 Å². The highest BCUT2D eigenvalue weighted by molar-refractivity contribution is 7.09. The number of nitrogens with one attached hydrogen (secondary N) is 1. The van der Waals surface area contributed by atoms with Gasteiger partial charge in [0.15, 0.2) is 0 Å². The van der Waals surface area contributed by atoms with E-state index in [-0.39, 0.29) is 5.91 Å². The zero-order valence-electron chi connectivity index (χ0n) is 11.1. The van der Waals surface area contributed by atoms with Crippen LogP contribution in [-0.2, 0) is 16.2 Å². The number of benzene rings is 1. The van der Waals surface area contributed by atoms with E-state index in [1.807, 2.05) is 35.7 Å². The molecule has 21 heavy (non-hydrogen) atoms. The summed E-state index contributed by atoms with van der Waals surface area (Å²) >= 11 is 7.73. The van der Waals surface area contributed by atoms with Crippen molar-refractivity contribution in [2.24, 2.45) is 5.16 Å². The molecule has 0 saturated carbocycles. The highest BCUT2D eigenvalue weighted by atomic mass is 35.5. The first-order valence-electron chi connectivity index (χ1n) is 6.52. The van der Waals surface area contributed by atoms with Crippen molar-refractivity contribution >= 4 is 34.6 Å². The number of thiophene rings is 1. The summed E-state index contributed by atoms with van der Waals surface area (Å²) in [6, 6.07) is 11.3. The summed E-state index contributed by atoms with van der Waals surface area (Å²) < 4.78 is 0. The van der Waals surface area contributed by atoms with Gasteiger partial charge in [0.2, 0.25) is 6.10 Å². The largest absolute Gasteiger partial charge is 0.382 e. The number of oxime groups is 1. The minimum atomic E-state index is -0.587. The minimum absolute atomic E-state index is 0.158. The molecule has 0 fully saturated rings. The molecule has 1 aliphatic heterocycles. The zero-order valence-corrected chi connectivity index (χ0v) is 12.7. The Hall–Kier alpha value is -1.85. The van der Waals surface area contributed by atoms with E-state index in [0.29, 0.717) is 23.7 Å². The van der Waals surface area contributed by atoms with E-state index in [9.17, 15) is 4.79 Å². The molecular weight excluding hydrogens is 308 g/mol. The van der Waals surface area contributed by atoms with Crippen LogP contribution in [0.4, 0.5) is 0 Å². The Balaban J connectivity index is 1.58. The third kappa shape index (κ3) is 3.25. The summed E-state index contributed by atoms with van der Waals surface area (Å²) in [5.74, 6) is -0.158. The summed E-state index contributed by atoms with van der Waals surface area (Å²) in [5.41, 5.74) is 1.52. The van der Waals surface area contributed by atoms with Gasteiger partial charge in [0.05, 0.1) is 12.3 Å². The van der Waals surface area contributed by atoms with Crippen LogP contribution in [0.5, 0.6) is 0 Å². The molecule has 0 radical (unpaired) electrons. The number of rotatable bonds is 4. The van der Waals surface area contributed by atoms with Crippen LogP contribution in [0.1, 0.15) is 16.9 Å². The van der Waals surface area contributed by atoms with Crippen LogP contribution >= 0.6 is 22.9 Å². The van der Waals surface area contributed by atoms with E-state index < -0.39 is 6.10 Å². The van der Waals surface area contributed by atoms with Crippen molar-refractivity contribution in [1.29, 1.82) is 0 Å². The van der Waals surface area contributed by atoms with Gasteiger partial charge in [-0.15, -0.1) is 11.3 Å². The Morgan fingerprint density at radius 3 is 3.00 bits per heavy atom. The predicted molar refractivity (Wildman–Crippen MR) is 83.6 cm³/mol. The Bertz CT molecular complexity index is 670. The molecule has 0 saturated heterocycles. The average Bonchev–Trinajstić information content (AvgIpc) is 3.17. The van der Waals surface area contributed by atoms with E-state index in [1.54, 1.807) is 17.4 Å². The quantitative estimate of drug-likeness (QED) is 0.940. The molecule has 0 aliphatic carbocycles. The fraction of sp³-hybridized carbons (Fsp3) is 0.200. The number of nitrogens with zero attached hydrogens (tertiary/aromatic N) is 1. The second-order valence-corrected chi connectivity index (χ2v) is 6.05. The highest BCUT2D eigenvalue weighted by Crippen LogP contribution is 2.23. The number of halogens is 1. The number of hydrogen-bond donors (Lipinski definition) is 1. The maximum atomic E-state index is 12.1. The molecule has 0 spiro atoms. The van der Waals surface area contributed by atoms with Gasteiger partial charge in [0.25, 0.3) is 5.91 Å². The van der Waals surface area contributed by atoms with Crippen molar-refractivity contribution in [2.75, 3.05) is 0 Å². The molecule has 1 unspecified atom stereocenters. The van der Waals surface area contributed by atoms with Gasteiger partial charge in [0.1, 0.15) is 0 Å². The summed E-state index contributed by atoms with van der Waals surface area (Å²) in [4.78, 5) is 18.4. The molecule has 3 rings (SSSR count). The predicted octanol–water partition coefficient (Wildman–Crippen LogP) is 3.21. The summed E-state index contributed by atoms with van der Waals surface area (Å²) in [6.07, 6.45) is -0.156. The van der Waals surface area contributed by atoms with Gasteiger partial charge in [-0.25, -0.2) is 0 Å². The monoisotopic (exact) mass is 320 g/mol. The Kier molecular flexibility index (Phi) is 4.22. The highest BCUT2D eigenvalue weighted by Gasteiger charge is 2.29. The van der Waals surface area contributed by atoms with Gasteiger partial charge in [0, 0.05) is 21.9 Å². The van der Waals surface area contributed by atoms with Gasteiger partial charge in [-0.2, -0.15) is 0 Å². The van der Waals surface area contributed by atoms with E-state index in [1.165, 1.54) is 0 Å². The number of hydrogen-bond acceptors (Lipinski definition) is 4. The molecule has 6 heteroatoms. The van der Waals surface area contributed by atoms with Crippen molar-refractivity contribution in [1.82, 2.24) is 5.32 Å². The van der Waals surface area contributed by atoms with Crippen LogP contribution in [-0.4, -0.2) is 17.7 Å². The molecule has 1 N–H and O–H groups in total. The fourth-order valence-electron chi connectivity index (χ4n) is 2.07. The first kappa shape index (κ1) is 14.1. The first-order chi connectivity index (χ1) is 10.2. The number of amides is 1. The smallest absolute Gasteiger partial charge is 0.264 e. The van der Waals surface area contributed by atoms with Crippen LogP contribution < -0.4 is 5.32 Å². The SMILES string of the molecule is O=C(NCc1cccs1)C1CC(c2ccccc2Cl)=NO1. The average molecular weight is 321 g/mol. The summed E-state index contributed by atoms with van der Waals surface area (Å²) in [7, 11) is 0. The van der Waals surface area contributed by atoms with Crippen molar-refractivity contribution < 1.29 is 9.63 Å². The molecule has 1 aromatic carbocycles. The lowest BCUT2D eigenvalue weighted by molar-refractivity contribution is -0.131. The first-order valence-corrected chi connectivity index (χ1v) is 7.77. The van der Waals surface area contributed by atoms with Gasteiger partial charge in [-0.3, -0.25) is 4.79 Å². The van der Waals surface area contributed by atoms with Gasteiger partial charge < -0.3 is 10.2 Å². The normalized spacial score (nSPS) is 17.2. The lowest BCUT2D eigenvalue weighted by Gasteiger charge is -2.08. The fourth-order valence-corrected chi connectivity index (χ4v) is 2.96. The van der Waals surface area contributed by atoms with E-state index >= 15 is 0 Å². The van der Waals surface area contributed by atoms with Gasteiger partial charge in [-0.05, 0) is 17.5 Å². The lowest BCUT2D eigenvalue weighted by Crippen LogP contribution is -2.34. The summed E-state index contributed by atoms with van der Waals surface area (Å²) in [5, 5.41) is 9.43. The molecule has 1 amide bonds. The second kappa shape index (κ2) is 6.28. The molecule has 108 valence electrons. The molecule has 1 aliphatic rings. The maximum absolute atomic E-state index is 12.1. The summed E-state index contributed by atoms with van der Waals surface area (Å²) in [6.45, 7) is 0.512. The molecule has 4 nitrogen and oxygen atoms in total. The number of carbonyl (C=O) groups is 1. The Labute approximate surface area is 131 Å². The molecular formula is C15H13ClN2O2S. The van der Waals surface area contributed by atoms with Gasteiger partial charge in [-0.1, -0.05) is 41.0 Å². The third-order valence-corrected chi connectivity index (χ3v) is 4.37. The van der Waals surface area contributed by atoms with E-state index in [0.717, 1.165) is 10.4 Å². The van der Waals surface area contributed by atoms with E-state index in [4.69, 9.17) is 16.4 Å². The standard InChI is InChI=1S/C15H13ClN2O2S/c16-12-6-2-1-5-11(12)13-8-14(20-18-13)15(19)17-9-10-4-3-7-21-10/h1-7,14H,8-9H2,(H,17,19). The molecule has 1 aromatic heterocycles. The zero-order chi connectivity index (χ0) is 14.7. The van der Waals surface area contributed by atoms with E-state index in [2.05, 4.69) is 10.5 Å². The van der Waals surface area contributed by atoms with Crippen LogP contribution in [0.15, 0.2) is 46.9 Å². The van der Waals surface area contributed by atoms with Crippen LogP contribution in [0.2, 0.25) is 5.02 Å². The van der Waals surface area contributed by atoms with Crippen molar-refractivity contribution in [3.63, 3.8) is 0 Å².